The normalized spacial score (nSPS) is 13.8. The number of fused-ring (bicyclic) bond motifs is 1. The number of benzene rings is 2. The molecular weight excluding hydrogens is 333 g/mol. The molecule has 3 aromatic rings. The Morgan fingerprint density at radius 2 is 2.04 bits per heavy atom. The summed E-state index contributed by atoms with van der Waals surface area (Å²) in [5.41, 5.74) is 2.13. The van der Waals surface area contributed by atoms with E-state index in [0.717, 1.165) is 30.1 Å². The number of phenols is 1. The van der Waals surface area contributed by atoms with Gasteiger partial charge in [-0.3, -0.25) is 0 Å². The fraction of sp³-hybridized carbons (Fsp3) is 0.350. The molecule has 0 amide bonds. The molecule has 1 unspecified atom stereocenters. The second-order valence-corrected chi connectivity index (χ2v) is 6.84. The molecule has 0 aliphatic carbocycles. The number of imidazole rings is 1. The van der Waals surface area contributed by atoms with Crippen LogP contribution >= 0.6 is 0 Å². The number of nitrogens with zero attached hydrogens (tertiary/aromatic N) is 2. The van der Waals surface area contributed by atoms with E-state index in [4.69, 9.17) is 0 Å². The number of aliphatic hydroxyl groups excluding tert-OH is 1. The van der Waals surface area contributed by atoms with Crippen LogP contribution in [0.5, 0.6) is 5.75 Å². The van der Waals surface area contributed by atoms with Crippen LogP contribution in [0.25, 0.3) is 11.0 Å². The maximum atomic E-state index is 14.2. The van der Waals surface area contributed by atoms with Gasteiger partial charge in [-0.1, -0.05) is 18.2 Å². The van der Waals surface area contributed by atoms with Crippen LogP contribution in [-0.2, 0) is 13.0 Å². The minimum atomic E-state index is -0.421. The van der Waals surface area contributed by atoms with Crippen LogP contribution in [-0.4, -0.2) is 38.5 Å². The van der Waals surface area contributed by atoms with E-state index >= 15 is 0 Å². The first-order valence-electron chi connectivity index (χ1n) is 8.74. The van der Waals surface area contributed by atoms with Gasteiger partial charge in [-0.15, -0.1) is 0 Å². The van der Waals surface area contributed by atoms with Gasteiger partial charge in [-0.2, -0.15) is 0 Å². The molecule has 0 saturated carbocycles. The summed E-state index contributed by atoms with van der Waals surface area (Å²) >= 11 is 0. The Morgan fingerprint density at radius 3 is 2.81 bits per heavy atom. The van der Waals surface area contributed by atoms with Gasteiger partial charge in [0.1, 0.15) is 11.6 Å². The van der Waals surface area contributed by atoms with Gasteiger partial charge in [0, 0.05) is 24.7 Å². The Labute approximate surface area is 152 Å². The van der Waals surface area contributed by atoms with Gasteiger partial charge in [-0.25, -0.2) is 9.37 Å². The second kappa shape index (κ2) is 7.85. The van der Waals surface area contributed by atoms with Crippen LogP contribution in [0, 0.1) is 5.82 Å². The molecule has 26 heavy (non-hydrogen) atoms. The van der Waals surface area contributed by atoms with E-state index in [-0.39, 0.29) is 12.4 Å². The van der Waals surface area contributed by atoms with Gasteiger partial charge >= 0.3 is 0 Å². The van der Waals surface area contributed by atoms with Gasteiger partial charge in [0.2, 0.25) is 0 Å². The third-order valence-corrected chi connectivity index (χ3v) is 4.71. The highest BCUT2D eigenvalue weighted by Gasteiger charge is 2.25. The van der Waals surface area contributed by atoms with Crippen molar-refractivity contribution in [1.82, 2.24) is 14.9 Å². The molecule has 6 heteroatoms. The van der Waals surface area contributed by atoms with Gasteiger partial charge in [0.05, 0.1) is 24.0 Å². The predicted molar refractivity (Wildman–Crippen MR) is 99.6 cm³/mol. The predicted octanol–water partition coefficient (Wildman–Crippen LogP) is 2.85. The first-order valence-corrected chi connectivity index (χ1v) is 8.74. The van der Waals surface area contributed by atoms with Crippen molar-refractivity contribution in [3.05, 3.63) is 60.2 Å². The molecule has 1 atom stereocenters. The van der Waals surface area contributed by atoms with E-state index in [1.165, 1.54) is 6.07 Å². The minimum absolute atomic E-state index is 0.0155. The Kier molecular flexibility index (Phi) is 5.54. The number of aromatic hydroxyl groups is 1. The summed E-state index contributed by atoms with van der Waals surface area (Å²) < 4.78 is 16.3. The van der Waals surface area contributed by atoms with Crippen molar-refractivity contribution in [2.45, 2.75) is 31.8 Å². The van der Waals surface area contributed by atoms with Crippen molar-refractivity contribution in [2.24, 2.45) is 0 Å². The number of β-amino-alcohol motifs (C(OH)–C–C–N with tert-alkyl or cyclic N) is 1. The number of aliphatic hydroxyl groups is 1. The molecule has 0 fully saturated rings. The third kappa shape index (κ3) is 4.20. The summed E-state index contributed by atoms with van der Waals surface area (Å²) in [7, 11) is 0. The summed E-state index contributed by atoms with van der Waals surface area (Å²) in [6.45, 7) is 3.19. The van der Waals surface area contributed by atoms with E-state index in [9.17, 15) is 14.6 Å². The van der Waals surface area contributed by atoms with E-state index in [1.807, 2.05) is 37.5 Å². The Bertz CT molecular complexity index is 880. The standard InChI is InChI=1S/C20H24FN3O2/c1-20(23-9-11-25,13-15-6-7-16(26)12-17(15)21)8-10-24-14-22-18-4-2-3-5-19(18)24/h2-7,12,14,23,25-26H,8-11,13H2,1H3. The van der Waals surface area contributed by atoms with Crippen LogP contribution in [0.15, 0.2) is 48.8 Å². The summed E-state index contributed by atoms with van der Waals surface area (Å²) in [5, 5.41) is 21.9. The lowest BCUT2D eigenvalue weighted by molar-refractivity contribution is 0.245. The van der Waals surface area contributed by atoms with Crippen LogP contribution < -0.4 is 5.32 Å². The van der Waals surface area contributed by atoms with Gasteiger partial charge < -0.3 is 20.1 Å². The Hall–Kier alpha value is -2.44. The summed E-state index contributed by atoms with van der Waals surface area (Å²) in [5.74, 6) is -0.503. The molecule has 5 nitrogen and oxygen atoms in total. The number of aromatic nitrogens is 2. The highest BCUT2D eigenvalue weighted by atomic mass is 19.1. The number of hydrogen-bond acceptors (Lipinski definition) is 4. The molecule has 0 spiro atoms. The number of aryl methyl sites for hydroxylation is 1. The van der Waals surface area contributed by atoms with Crippen LogP contribution in [0.1, 0.15) is 18.9 Å². The zero-order chi connectivity index (χ0) is 18.6. The maximum absolute atomic E-state index is 14.2. The molecule has 0 aliphatic heterocycles. The number of halogens is 1. The van der Waals surface area contributed by atoms with Crippen molar-refractivity contribution in [1.29, 1.82) is 0 Å². The Balaban J connectivity index is 1.78. The monoisotopic (exact) mass is 357 g/mol. The van der Waals surface area contributed by atoms with Crippen molar-refractivity contribution in [3.63, 3.8) is 0 Å². The molecule has 0 bridgehead atoms. The number of nitrogens with one attached hydrogen (secondary N) is 1. The number of rotatable bonds is 8. The molecular formula is C20H24FN3O2. The molecule has 2 aromatic carbocycles. The smallest absolute Gasteiger partial charge is 0.130 e. The lowest BCUT2D eigenvalue weighted by atomic mass is 9.89. The van der Waals surface area contributed by atoms with E-state index < -0.39 is 11.4 Å². The van der Waals surface area contributed by atoms with E-state index in [2.05, 4.69) is 14.9 Å². The summed E-state index contributed by atoms with van der Waals surface area (Å²) in [6, 6.07) is 12.2. The number of para-hydroxylation sites is 2. The minimum Gasteiger partial charge on any atom is -0.508 e. The SMILES string of the molecule is CC(CCn1cnc2ccccc21)(Cc1ccc(O)cc1F)NCCO. The molecule has 138 valence electrons. The van der Waals surface area contributed by atoms with Crippen LogP contribution in [0.2, 0.25) is 0 Å². The van der Waals surface area contributed by atoms with Gasteiger partial charge in [-0.05, 0) is 43.5 Å². The zero-order valence-corrected chi connectivity index (χ0v) is 14.8. The fourth-order valence-corrected chi connectivity index (χ4v) is 3.25. The Morgan fingerprint density at radius 1 is 1.23 bits per heavy atom. The first kappa shape index (κ1) is 18.4. The van der Waals surface area contributed by atoms with E-state index in [1.54, 1.807) is 6.07 Å². The number of phenolic OH excluding ortho intramolecular Hbond substituents is 1. The highest BCUT2D eigenvalue weighted by molar-refractivity contribution is 5.74. The topological polar surface area (TPSA) is 70.3 Å². The average molecular weight is 357 g/mol. The van der Waals surface area contributed by atoms with Crippen molar-refractivity contribution in [3.8, 4) is 5.75 Å². The van der Waals surface area contributed by atoms with Crippen molar-refractivity contribution < 1.29 is 14.6 Å². The maximum Gasteiger partial charge on any atom is 0.130 e. The number of hydrogen-bond donors (Lipinski definition) is 3. The van der Waals surface area contributed by atoms with Crippen molar-refractivity contribution in [2.75, 3.05) is 13.2 Å². The molecule has 1 aromatic heterocycles. The fourth-order valence-electron chi connectivity index (χ4n) is 3.25. The molecule has 0 radical (unpaired) electrons. The van der Waals surface area contributed by atoms with Crippen LogP contribution in [0.4, 0.5) is 4.39 Å². The summed E-state index contributed by atoms with van der Waals surface area (Å²) in [6.07, 6.45) is 3.00. The quantitative estimate of drug-likeness (QED) is 0.580. The average Bonchev–Trinajstić information content (AvgIpc) is 3.04. The van der Waals surface area contributed by atoms with Gasteiger partial charge in [0.15, 0.2) is 0 Å². The molecule has 3 rings (SSSR count). The highest BCUT2D eigenvalue weighted by Crippen LogP contribution is 2.24. The molecule has 0 saturated heterocycles. The second-order valence-electron chi connectivity index (χ2n) is 6.84. The van der Waals surface area contributed by atoms with Crippen molar-refractivity contribution >= 4 is 11.0 Å². The zero-order valence-electron chi connectivity index (χ0n) is 14.8. The molecule has 3 N–H and O–H groups in total. The van der Waals surface area contributed by atoms with Crippen LogP contribution in [0.3, 0.4) is 0 Å². The first-order chi connectivity index (χ1) is 12.5. The third-order valence-electron chi connectivity index (χ3n) is 4.71. The molecule has 1 heterocycles. The van der Waals surface area contributed by atoms with Gasteiger partial charge in [0.25, 0.3) is 0 Å². The largest absolute Gasteiger partial charge is 0.508 e. The summed E-state index contributed by atoms with van der Waals surface area (Å²) in [4.78, 5) is 4.40. The molecule has 0 aliphatic rings. The van der Waals surface area contributed by atoms with E-state index in [0.29, 0.717) is 18.5 Å². The lowest BCUT2D eigenvalue weighted by Crippen LogP contribution is -2.46. The lowest BCUT2D eigenvalue weighted by Gasteiger charge is -2.31.